The zero-order valence-corrected chi connectivity index (χ0v) is 17.2. The zero-order valence-electron chi connectivity index (χ0n) is 16.4. The van der Waals surface area contributed by atoms with Crippen LogP contribution in [0.1, 0.15) is 48.9 Å². The molecule has 1 saturated heterocycles. The molecule has 1 fully saturated rings. The van der Waals surface area contributed by atoms with Gasteiger partial charge in [-0.25, -0.2) is 4.68 Å². The normalized spacial score (nSPS) is 18.8. The van der Waals surface area contributed by atoms with Crippen molar-refractivity contribution < 1.29 is 9.90 Å². The van der Waals surface area contributed by atoms with Crippen molar-refractivity contribution in [2.75, 3.05) is 13.1 Å². The van der Waals surface area contributed by atoms with E-state index in [4.69, 9.17) is 11.6 Å². The molecule has 0 saturated carbocycles. The van der Waals surface area contributed by atoms with Crippen LogP contribution in [0.5, 0.6) is 0 Å². The second kappa shape index (κ2) is 8.28. The summed E-state index contributed by atoms with van der Waals surface area (Å²) in [5, 5.41) is 16.1. The first-order chi connectivity index (χ1) is 13.9. The molecule has 29 heavy (non-hydrogen) atoms. The third-order valence-electron chi connectivity index (χ3n) is 6.13. The Balaban J connectivity index is 1.42. The molecule has 0 spiro atoms. The van der Waals surface area contributed by atoms with E-state index in [-0.39, 0.29) is 18.0 Å². The monoisotopic (exact) mass is 415 g/mol. The molecular formula is C22H26ClN3O3. The summed E-state index contributed by atoms with van der Waals surface area (Å²) in [5.41, 5.74) is 1.62. The minimum atomic E-state index is -0.958. The van der Waals surface area contributed by atoms with E-state index < -0.39 is 5.60 Å². The fourth-order valence-corrected chi connectivity index (χ4v) is 4.42. The van der Waals surface area contributed by atoms with Gasteiger partial charge in [0.2, 0.25) is 5.91 Å². The standard InChI is InChI=1S/C22H26ClN3O3/c23-18-8-6-17(7-9-18)22(29)10-12-25(13-11-22)21(28)15-26-20(27)14-16-4-2-1-3-5-19(16)24-26/h6-9,14,29H,1-5,10-13,15H2. The maximum Gasteiger partial charge on any atom is 0.267 e. The summed E-state index contributed by atoms with van der Waals surface area (Å²) in [4.78, 5) is 26.9. The summed E-state index contributed by atoms with van der Waals surface area (Å²) < 4.78 is 1.30. The molecule has 0 radical (unpaired) electrons. The van der Waals surface area contributed by atoms with Crippen molar-refractivity contribution in [2.45, 2.75) is 57.1 Å². The first-order valence-corrected chi connectivity index (χ1v) is 10.7. The van der Waals surface area contributed by atoms with Crippen LogP contribution in [0.2, 0.25) is 5.02 Å². The SMILES string of the molecule is O=C(Cn1nc2c(cc1=O)CCCCC2)N1CCC(O)(c2ccc(Cl)cc2)CC1. The molecule has 0 unspecified atom stereocenters. The number of carbonyl (C=O) groups is 1. The topological polar surface area (TPSA) is 75.4 Å². The number of halogens is 1. The van der Waals surface area contributed by atoms with E-state index >= 15 is 0 Å². The Morgan fingerprint density at radius 3 is 2.52 bits per heavy atom. The van der Waals surface area contributed by atoms with Gasteiger partial charge in [0.05, 0.1) is 11.3 Å². The molecule has 7 heteroatoms. The Kier molecular flexibility index (Phi) is 5.74. The van der Waals surface area contributed by atoms with E-state index in [0.29, 0.717) is 31.0 Å². The van der Waals surface area contributed by atoms with E-state index in [1.54, 1.807) is 23.1 Å². The number of aryl methyl sites for hydroxylation is 2. The predicted molar refractivity (Wildman–Crippen MR) is 111 cm³/mol. The number of piperidine rings is 1. The highest BCUT2D eigenvalue weighted by Gasteiger charge is 2.35. The van der Waals surface area contributed by atoms with Crippen molar-refractivity contribution in [2.24, 2.45) is 0 Å². The molecule has 2 aliphatic rings. The number of hydrogen-bond donors (Lipinski definition) is 1. The van der Waals surface area contributed by atoms with Crippen molar-refractivity contribution in [3.8, 4) is 0 Å². The minimum absolute atomic E-state index is 0.0501. The molecule has 1 aliphatic carbocycles. The van der Waals surface area contributed by atoms with Gasteiger partial charge in [0.1, 0.15) is 6.54 Å². The summed E-state index contributed by atoms with van der Waals surface area (Å²) in [6, 6.07) is 8.85. The number of amides is 1. The molecule has 0 bridgehead atoms. The fraction of sp³-hybridized carbons (Fsp3) is 0.500. The molecule has 1 aliphatic heterocycles. The number of aliphatic hydroxyl groups is 1. The predicted octanol–water partition coefficient (Wildman–Crippen LogP) is 2.68. The summed E-state index contributed by atoms with van der Waals surface area (Å²) in [7, 11) is 0. The molecule has 154 valence electrons. The Morgan fingerprint density at radius 1 is 1.10 bits per heavy atom. The van der Waals surface area contributed by atoms with Crippen LogP contribution >= 0.6 is 11.6 Å². The molecule has 2 heterocycles. The van der Waals surface area contributed by atoms with Gasteiger partial charge in [-0.3, -0.25) is 9.59 Å². The Labute approximate surface area is 175 Å². The second-order valence-electron chi connectivity index (χ2n) is 8.09. The van der Waals surface area contributed by atoms with Crippen LogP contribution in [0.25, 0.3) is 0 Å². The second-order valence-corrected chi connectivity index (χ2v) is 8.53. The fourth-order valence-electron chi connectivity index (χ4n) is 4.29. The molecule has 6 nitrogen and oxygen atoms in total. The smallest absolute Gasteiger partial charge is 0.267 e. The molecule has 4 rings (SSSR count). The third-order valence-corrected chi connectivity index (χ3v) is 6.39. The highest BCUT2D eigenvalue weighted by Crippen LogP contribution is 2.33. The lowest BCUT2D eigenvalue weighted by Crippen LogP contribution is -2.47. The van der Waals surface area contributed by atoms with Crippen molar-refractivity contribution >= 4 is 17.5 Å². The molecule has 1 aromatic heterocycles. The molecule has 1 aromatic carbocycles. The van der Waals surface area contributed by atoms with Crippen molar-refractivity contribution in [1.29, 1.82) is 0 Å². The van der Waals surface area contributed by atoms with Gasteiger partial charge in [0.15, 0.2) is 0 Å². The number of carbonyl (C=O) groups excluding carboxylic acids is 1. The Hall–Kier alpha value is -2.18. The van der Waals surface area contributed by atoms with E-state index in [0.717, 1.165) is 48.9 Å². The zero-order chi connectivity index (χ0) is 20.4. The van der Waals surface area contributed by atoms with Crippen LogP contribution in [-0.4, -0.2) is 38.8 Å². The van der Waals surface area contributed by atoms with Gasteiger partial charge in [-0.15, -0.1) is 0 Å². The maximum absolute atomic E-state index is 12.8. The summed E-state index contributed by atoms with van der Waals surface area (Å²) >= 11 is 5.94. The summed E-state index contributed by atoms with van der Waals surface area (Å²) in [6.07, 6.45) is 5.96. The number of aromatic nitrogens is 2. The average Bonchev–Trinajstić information content (AvgIpc) is 2.94. The lowest BCUT2D eigenvalue weighted by molar-refractivity contribution is -0.136. The van der Waals surface area contributed by atoms with Crippen LogP contribution in [0, 0.1) is 0 Å². The van der Waals surface area contributed by atoms with Crippen molar-refractivity contribution in [1.82, 2.24) is 14.7 Å². The van der Waals surface area contributed by atoms with Gasteiger partial charge >= 0.3 is 0 Å². The maximum atomic E-state index is 12.8. The minimum Gasteiger partial charge on any atom is -0.385 e. The van der Waals surface area contributed by atoms with Crippen LogP contribution in [0.4, 0.5) is 0 Å². The highest BCUT2D eigenvalue weighted by atomic mass is 35.5. The van der Waals surface area contributed by atoms with E-state index in [1.807, 2.05) is 12.1 Å². The van der Waals surface area contributed by atoms with E-state index in [9.17, 15) is 14.7 Å². The van der Waals surface area contributed by atoms with Crippen molar-refractivity contribution in [3.05, 3.63) is 62.5 Å². The number of nitrogens with zero attached hydrogens (tertiary/aromatic N) is 3. The van der Waals surface area contributed by atoms with Gasteiger partial charge in [-0.2, -0.15) is 5.10 Å². The summed E-state index contributed by atoms with van der Waals surface area (Å²) in [5.74, 6) is -0.133. The Morgan fingerprint density at radius 2 is 1.79 bits per heavy atom. The first-order valence-electron chi connectivity index (χ1n) is 10.3. The third kappa shape index (κ3) is 4.38. The highest BCUT2D eigenvalue weighted by molar-refractivity contribution is 6.30. The van der Waals surface area contributed by atoms with Crippen LogP contribution in [0.3, 0.4) is 0 Å². The number of fused-ring (bicyclic) bond motifs is 1. The molecular weight excluding hydrogens is 390 g/mol. The quantitative estimate of drug-likeness (QED) is 0.782. The van der Waals surface area contributed by atoms with E-state index in [2.05, 4.69) is 5.10 Å². The Bertz CT molecular complexity index is 947. The molecule has 1 N–H and O–H groups in total. The largest absolute Gasteiger partial charge is 0.385 e. The number of benzene rings is 1. The number of rotatable bonds is 3. The lowest BCUT2D eigenvalue weighted by Gasteiger charge is -2.38. The van der Waals surface area contributed by atoms with Gasteiger partial charge in [0, 0.05) is 24.2 Å². The van der Waals surface area contributed by atoms with Crippen molar-refractivity contribution in [3.63, 3.8) is 0 Å². The van der Waals surface area contributed by atoms with Gasteiger partial charge < -0.3 is 10.0 Å². The number of likely N-dealkylation sites (tertiary alicyclic amines) is 1. The molecule has 2 aromatic rings. The average molecular weight is 416 g/mol. The van der Waals surface area contributed by atoms with Gasteiger partial charge in [0.25, 0.3) is 5.56 Å². The van der Waals surface area contributed by atoms with Gasteiger partial charge in [-0.05, 0) is 61.8 Å². The molecule has 0 atom stereocenters. The molecule has 1 amide bonds. The lowest BCUT2D eigenvalue weighted by atomic mass is 9.84. The summed E-state index contributed by atoms with van der Waals surface area (Å²) in [6.45, 7) is 0.834. The van der Waals surface area contributed by atoms with E-state index in [1.165, 1.54) is 4.68 Å². The van der Waals surface area contributed by atoms with Crippen LogP contribution in [0.15, 0.2) is 35.1 Å². The van der Waals surface area contributed by atoms with Crippen LogP contribution in [-0.2, 0) is 29.8 Å². The first kappa shape index (κ1) is 20.1. The number of hydrogen-bond acceptors (Lipinski definition) is 4. The van der Waals surface area contributed by atoms with Gasteiger partial charge in [-0.1, -0.05) is 30.2 Å². The van der Waals surface area contributed by atoms with Crippen LogP contribution < -0.4 is 5.56 Å².